The molecule has 2 nitrogen and oxygen atoms in total. The normalized spacial score (nSPS) is 17.5. The fourth-order valence-electron chi connectivity index (χ4n) is 2.18. The topological polar surface area (TPSA) is 21.3 Å². The molecule has 0 spiro atoms. The Kier molecular flexibility index (Phi) is 2.70. The van der Waals surface area contributed by atoms with E-state index >= 15 is 0 Å². The minimum absolute atomic E-state index is 0.348. The molecule has 1 saturated carbocycles. The smallest absolute Gasteiger partial charge is 0.125 e. The number of para-hydroxylation sites is 1. The van der Waals surface area contributed by atoms with Crippen LogP contribution in [0.25, 0.3) is 0 Å². The van der Waals surface area contributed by atoms with E-state index in [1.807, 2.05) is 0 Å². The summed E-state index contributed by atoms with van der Waals surface area (Å²) in [6.07, 6.45) is 3.63. The third-order valence-electron chi connectivity index (χ3n) is 3.41. The molecule has 0 amide bonds. The van der Waals surface area contributed by atoms with Crippen LogP contribution in [0.3, 0.4) is 0 Å². The largest absolute Gasteiger partial charge is 0.496 e. The fourth-order valence-corrected chi connectivity index (χ4v) is 2.18. The first kappa shape index (κ1) is 10.5. The molecule has 82 valence electrons. The Morgan fingerprint density at radius 2 is 2.13 bits per heavy atom. The second-order valence-electron chi connectivity index (χ2n) is 4.47. The Morgan fingerprint density at radius 3 is 2.67 bits per heavy atom. The number of ether oxygens (including phenoxy) is 1. The molecule has 0 heterocycles. The Morgan fingerprint density at radius 1 is 1.40 bits per heavy atom. The molecular formula is C13H19NO. The molecule has 1 aliphatic carbocycles. The first-order valence-electron chi connectivity index (χ1n) is 5.52. The Hall–Kier alpha value is -1.02. The quantitative estimate of drug-likeness (QED) is 0.814. The van der Waals surface area contributed by atoms with E-state index in [2.05, 4.69) is 37.5 Å². The molecule has 1 aromatic rings. The summed E-state index contributed by atoms with van der Waals surface area (Å²) in [4.78, 5) is 0. The van der Waals surface area contributed by atoms with Crippen LogP contribution in [0.15, 0.2) is 18.2 Å². The molecule has 0 bridgehead atoms. The fraction of sp³-hybridized carbons (Fsp3) is 0.538. The van der Waals surface area contributed by atoms with Gasteiger partial charge in [-0.05, 0) is 44.4 Å². The van der Waals surface area contributed by atoms with Gasteiger partial charge in [0.15, 0.2) is 0 Å². The highest BCUT2D eigenvalue weighted by molar-refractivity contribution is 5.42. The average molecular weight is 205 g/mol. The number of methoxy groups -OCH3 is 1. The van der Waals surface area contributed by atoms with Gasteiger partial charge in [-0.25, -0.2) is 0 Å². The van der Waals surface area contributed by atoms with Crippen molar-refractivity contribution in [1.29, 1.82) is 0 Å². The molecule has 2 rings (SSSR count). The predicted octanol–water partition coefficient (Wildman–Crippen LogP) is 2.30. The minimum Gasteiger partial charge on any atom is -0.496 e. The lowest BCUT2D eigenvalue weighted by Crippen LogP contribution is -2.29. The van der Waals surface area contributed by atoms with Crippen LogP contribution in [0.5, 0.6) is 5.75 Å². The molecule has 2 heteroatoms. The first-order valence-corrected chi connectivity index (χ1v) is 5.52. The van der Waals surface area contributed by atoms with Crippen LogP contribution in [0.2, 0.25) is 0 Å². The highest BCUT2D eigenvalue weighted by atomic mass is 16.5. The van der Waals surface area contributed by atoms with Crippen molar-refractivity contribution in [3.05, 3.63) is 29.3 Å². The van der Waals surface area contributed by atoms with E-state index in [1.165, 1.54) is 24.0 Å². The summed E-state index contributed by atoms with van der Waals surface area (Å²) < 4.78 is 5.47. The van der Waals surface area contributed by atoms with Gasteiger partial charge in [-0.15, -0.1) is 0 Å². The van der Waals surface area contributed by atoms with Crippen molar-refractivity contribution in [2.24, 2.45) is 0 Å². The second kappa shape index (κ2) is 3.86. The maximum atomic E-state index is 5.47. The van der Waals surface area contributed by atoms with Crippen LogP contribution in [-0.2, 0) is 6.42 Å². The van der Waals surface area contributed by atoms with Gasteiger partial charge in [0.25, 0.3) is 0 Å². The molecule has 1 aliphatic rings. The van der Waals surface area contributed by atoms with Gasteiger partial charge < -0.3 is 10.1 Å². The van der Waals surface area contributed by atoms with Crippen molar-refractivity contribution >= 4 is 0 Å². The summed E-state index contributed by atoms with van der Waals surface area (Å²) in [5, 5.41) is 3.42. The summed E-state index contributed by atoms with van der Waals surface area (Å²) in [6.45, 7) is 2.10. The van der Waals surface area contributed by atoms with Crippen LogP contribution in [0.1, 0.15) is 24.0 Å². The van der Waals surface area contributed by atoms with Gasteiger partial charge >= 0.3 is 0 Å². The van der Waals surface area contributed by atoms with Gasteiger partial charge in [0.2, 0.25) is 0 Å². The number of rotatable bonds is 4. The van der Waals surface area contributed by atoms with E-state index in [1.54, 1.807) is 7.11 Å². The van der Waals surface area contributed by atoms with Crippen LogP contribution in [0.4, 0.5) is 0 Å². The summed E-state index contributed by atoms with van der Waals surface area (Å²) in [6, 6.07) is 6.38. The lowest BCUT2D eigenvalue weighted by atomic mass is 10.0. The third kappa shape index (κ3) is 2.00. The highest BCUT2D eigenvalue weighted by Crippen LogP contribution is 2.40. The number of benzene rings is 1. The molecule has 0 aliphatic heterocycles. The lowest BCUT2D eigenvalue weighted by Gasteiger charge is -2.17. The number of likely N-dealkylation sites (N-methyl/N-ethyl adjacent to an activating group) is 1. The standard InChI is InChI=1S/C13H19NO/c1-10-5-4-6-11(12(10)15-3)9-13(14-2)7-8-13/h4-6,14H,7-9H2,1-3H3. The number of aryl methyl sites for hydroxylation is 1. The highest BCUT2D eigenvalue weighted by Gasteiger charge is 2.41. The number of hydrogen-bond donors (Lipinski definition) is 1. The maximum absolute atomic E-state index is 5.47. The summed E-state index contributed by atoms with van der Waals surface area (Å²) in [5.41, 5.74) is 2.90. The first-order chi connectivity index (χ1) is 7.21. The minimum atomic E-state index is 0.348. The Bertz CT molecular complexity index is 356. The Balaban J connectivity index is 2.24. The van der Waals surface area contributed by atoms with Gasteiger partial charge in [-0.1, -0.05) is 18.2 Å². The van der Waals surface area contributed by atoms with Crippen molar-refractivity contribution in [3.63, 3.8) is 0 Å². The molecule has 1 N–H and O–H groups in total. The predicted molar refractivity (Wildman–Crippen MR) is 62.5 cm³/mol. The van der Waals surface area contributed by atoms with Gasteiger partial charge in [0.1, 0.15) is 5.75 Å². The molecule has 0 unspecified atom stereocenters. The molecule has 0 aromatic heterocycles. The molecule has 1 aromatic carbocycles. The van der Waals surface area contributed by atoms with Crippen molar-refractivity contribution < 1.29 is 4.74 Å². The van der Waals surface area contributed by atoms with Crippen LogP contribution >= 0.6 is 0 Å². The summed E-state index contributed by atoms with van der Waals surface area (Å²) in [5.74, 6) is 1.05. The SMILES string of the molecule is CNC1(Cc2cccc(C)c2OC)CC1. The van der Waals surface area contributed by atoms with Crippen LogP contribution in [0, 0.1) is 6.92 Å². The van der Waals surface area contributed by atoms with Crippen LogP contribution in [-0.4, -0.2) is 19.7 Å². The van der Waals surface area contributed by atoms with Gasteiger partial charge in [0.05, 0.1) is 7.11 Å². The van der Waals surface area contributed by atoms with Gasteiger partial charge in [-0.3, -0.25) is 0 Å². The maximum Gasteiger partial charge on any atom is 0.125 e. The monoisotopic (exact) mass is 205 g/mol. The van der Waals surface area contributed by atoms with E-state index in [4.69, 9.17) is 4.74 Å². The number of hydrogen-bond acceptors (Lipinski definition) is 2. The van der Waals surface area contributed by atoms with E-state index in [0.717, 1.165) is 12.2 Å². The lowest BCUT2D eigenvalue weighted by molar-refractivity contribution is 0.402. The second-order valence-corrected chi connectivity index (χ2v) is 4.47. The van der Waals surface area contributed by atoms with Gasteiger partial charge in [-0.2, -0.15) is 0 Å². The summed E-state index contributed by atoms with van der Waals surface area (Å²) in [7, 11) is 3.81. The molecular weight excluding hydrogens is 186 g/mol. The molecule has 15 heavy (non-hydrogen) atoms. The molecule has 0 radical (unpaired) electrons. The molecule has 1 fully saturated rings. The van der Waals surface area contributed by atoms with E-state index in [0.29, 0.717) is 5.54 Å². The van der Waals surface area contributed by atoms with Crippen molar-refractivity contribution in [1.82, 2.24) is 5.32 Å². The van der Waals surface area contributed by atoms with E-state index in [-0.39, 0.29) is 0 Å². The van der Waals surface area contributed by atoms with Crippen LogP contribution < -0.4 is 10.1 Å². The van der Waals surface area contributed by atoms with Crippen molar-refractivity contribution in [2.75, 3.05) is 14.2 Å². The van der Waals surface area contributed by atoms with Crippen molar-refractivity contribution in [3.8, 4) is 5.75 Å². The Labute approximate surface area is 91.6 Å². The zero-order chi connectivity index (χ0) is 10.9. The summed E-state index contributed by atoms with van der Waals surface area (Å²) >= 11 is 0. The molecule has 0 atom stereocenters. The zero-order valence-electron chi connectivity index (χ0n) is 9.76. The van der Waals surface area contributed by atoms with E-state index in [9.17, 15) is 0 Å². The average Bonchev–Trinajstić information content (AvgIpc) is 2.99. The van der Waals surface area contributed by atoms with E-state index < -0.39 is 0 Å². The van der Waals surface area contributed by atoms with Crippen molar-refractivity contribution in [2.45, 2.75) is 31.7 Å². The molecule has 0 saturated heterocycles. The number of nitrogens with one attached hydrogen (secondary N) is 1. The third-order valence-corrected chi connectivity index (χ3v) is 3.41. The van der Waals surface area contributed by atoms with Gasteiger partial charge in [0, 0.05) is 5.54 Å². The zero-order valence-corrected chi connectivity index (χ0v) is 9.76.